The minimum Gasteiger partial charge on any atom is -0.382 e. The summed E-state index contributed by atoms with van der Waals surface area (Å²) in [6, 6.07) is 4.24. The van der Waals surface area contributed by atoms with Gasteiger partial charge in [0.2, 0.25) is 0 Å². The Morgan fingerprint density at radius 3 is 2.79 bits per heavy atom. The lowest BCUT2D eigenvalue weighted by molar-refractivity contribution is 0.494. The molecule has 1 aromatic rings. The van der Waals surface area contributed by atoms with Crippen molar-refractivity contribution >= 4 is 17.3 Å². The van der Waals surface area contributed by atoms with Crippen molar-refractivity contribution in [2.24, 2.45) is 5.92 Å². The van der Waals surface area contributed by atoms with Crippen molar-refractivity contribution in [2.75, 3.05) is 5.32 Å². The molecule has 0 saturated heterocycles. The van der Waals surface area contributed by atoms with Crippen LogP contribution in [0, 0.1) is 5.92 Å². The Morgan fingerprint density at radius 1 is 1.50 bits per heavy atom. The lowest BCUT2D eigenvalue weighted by Gasteiger charge is -2.20. The maximum Gasteiger partial charge on any atom is 0.131 e. The molecule has 0 radical (unpaired) electrons. The maximum atomic E-state index is 5.79. The summed E-state index contributed by atoms with van der Waals surface area (Å²) in [6.45, 7) is 6.62. The van der Waals surface area contributed by atoms with E-state index in [1.165, 1.54) is 6.42 Å². The number of pyridine rings is 1. The first-order valence-electron chi connectivity index (χ1n) is 5.01. The van der Waals surface area contributed by atoms with Crippen LogP contribution in [0.1, 0.15) is 27.2 Å². The number of aromatic nitrogens is 1. The maximum absolute atomic E-state index is 5.79. The average molecular weight is 213 g/mol. The van der Waals surface area contributed by atoms with E-state index in [4.69, 9.17) is 11.6 Å². The number of nitrogens with one attached hydrogen (secondary N) is 1. The van der Waals surface area contributed by atoms with Crippen LogP contribution in [0.2, 0.25) is 5.15 Å². The fraction of sp³-hybridized carbons (Fsp3) is 0.545. The molecule has 0 aliphatic rings. The van der Waals surface area contributed by atoms with Crippen LogP contribution in [0.25, 0.3) is 0 Å². The van der Waals surface area contributed by atoms with E-state index in [1.54, 1.807) is 6.20 Å². The van der Waals surface area contributed by atoms with Gasteiger partial charge in [-0.3, -0.25) is 0 Å². The van der Waals surface area contributed by atoms with E-state index in [1.807, 2.05) is 12.1 Å². The highest BCUT2D eigenvalue weighted by molar-refractivity contribution is 6.29. The van der Waals surface area contributed by atoms with Gasteiger partial charge >= 0.3 is 0 Å². The number of hydrogen-bond acceptors (Lipinski definition) is 2. The SMILES string of the molecule is CC[C@@H](C)[C@@H](C)Nc1ccnc(Cl)c1. The lowest BCUT2D eigenvalue weighted by atomic mass is 10.0. The lowest BCUT2D eigenvalue weighted by Crippen LogP contribution is -2.23. The van der Waals surface area contributed by atoms with E-state index < -0.39 is 0 Å². The van der Waals surface area contributed by atoms with Crippen LogP contribution in [0.15, 0.2) is 18.3 Å². The highest BCUT2D eigenvalue weighted by atomic mass is 35.5. The highest BCUT2D eigenvalue weighted by Crippen LogP contribution is 2.16. The first kappa shape index (κ1) is 11.3. The van der Waals surface area contributed by atoms with Crippen LogP contribution in [-0.2, 0) is 0 Å². The minimum atomic E-state index is 0.457. The summed E-state index contributed by atoms with van der Waals surface area (Å²) in [5.41, 5.74) is 1.04. The molecule has 78 valence electrons. The zero-order valence-corrected chi connectivity index (χ0v) is 9.67. The summed E-state index contributed by atoms with van der Waals surface area (Å²) < 4.78 is 0. The molecule has 0 unspecified atom stereocenters. The normalized spacial score (nSPS) is 14.9. The van der Waals surface area contributed by atoms with Crippen LogP contribution >= 0.6 is 11.6 Å². The molecule has 2 atom stereocenters. The van der Waals surface area contributed by atoms with Gasteiger partial charge in [0.25, 0.3) is 0 Å². The third-order valence-corrected chi connectivity index (χ3v) is 2.83. The standard InChI is InChI=1S/C11H17ClN2/c1-4-8(2)9(3)14-10-5-6-13-11(12)7-10/h5-9H,4H2,1-3H3,(H,13,14)/t8-,9-/m1/s1. The molecule has 1 N–H and O–H groups in total. The van der Waals surface area contributed by atoms with Gasteiger partial charge in [0.15, 0.2) is 0 Å². The first-order valence-corrected chi connectivity index (χ1v) is 5.39. The third kappa shape index (κ3) is 3.18. The Morgan fingerprint density at radius 2 is 2.21 bits per heavy atom. The smallest absolute Gasteiger partial charge is 0.131 e. The van der Waals surface area contributed by atoms with Gasteiger partial charge < -0.3 is 5.32 Å². The van der Waals surface area contributed by atoms with E-state index in [2.05, 4.69) is 31.1 Å². The average Bonchev–Trinajstić information content (AvgIpc) is 2.16. The summed E-state index contributed by atoms with van der Waals surface area (Å²) in [7, 11) is 0. The summed E-state index contributed by atoms with van der Waals surface area (Å²) in [5, 5.41) is 3.94. The molecule has 0 aliphatic carbocycles. The molecule has 0 bridgehead atoms. The molecular formula is C11H17ClN2. The molecule has 0 aromatic carbocycles. The highest BCUT2D eigenvalue weighted by Gasteiger charge is 2.09. The Kier molecular flexibility index (Phi) is 4.21. The van der Waals surface area contributed by atoms with Crippen LogP contribution in [-0.4, -0.2) is 11.0 Å². The van der Waals surface area contributed by atoms with Crippen molar-refractivity contribution in [1.29, 1.82) is 0 Å². The van der Waals surface area contributed by atoms with Crippen molar-refractivity contribution in [3.63, 3.8) is 0 Å². The van der Waals surface area contributed by atoms with Crippen LogP contribution in [0.3, 0.4) is 0 Å². The van der Waals surface area contributed by atoms with Gasteiger partial charge in [-0.2, -0.15) is 0 Å². The van der Waals surface area contributed by atoms with Crippen molar-refractivity contribution in [3.8, 4) is 0 Å². The van der Waals surface area contributed by atoms with Gasteiger partial charge in [-0.05, 0) is 25.0 Å². The summed E-state index contributed by atoms with van der Waals surface area (Å²) in [5.74, 6) is 0.655. The Bertz CT molecular complexity index is 288. The second-order valence-corrected chi connectivity index (χ2v) is 4.07. The minimum absolute atomic E-state index is 0.457. The van der Waals surface area contributed by atoms with E-state index in [0.29, 0.717) is 17.1 Å². The van der Waals surface area contributed by atoms with Crippen molar-refractivity contribution < 1.29 is 0 Å². The number of halogens is 1. The zero-order chi connectivity index (χ0) is 10.6. The molecule has 14 heavy (non-hydrogen) atoms. The van der Waals surface area contributed by atoms with Gasteiger partial charge in [0.05, 0.1) is 0 Å². The molecule has 0 aliphatic heterocycles. The van der Waals surface area contributed by atoms with E-state index in [9.17, 15) is 0 Å². The molecule has 1 aromatic heterocycles. The summed E-state index contributed by atoms with van der Waals surface area (Å²) in [4.78, 5) is 3.94. The number of nitrogens with zero attached hydrogens (tertiary/aromatic N) is 1. The summed E-state index contributed by atoms with van der Waals surface area (Å²) >= 11 is 5.79. The van der Waals surface area contributed by atoms with E-state index >= 15 is 0 Å². The predicted octanol–water partition coefficient (Wildman–Crippen LogP) is 3.58. The van der Waals surface area contributed by atoms with Gasteiger partial charge in [0, 0.05) is 17.9 Å². The monoisotopic (exact) mass is 212 g/mol. The second kappa shape index (κ2) is 5.20. The molecule has 0 fully saturated rings. The van der Waals surface area contributed by atoms with Crippen LogP contribution < -0.4 is 5.32 Å². The van der Waals surface area contributed by atoms with Crippen LogP contribution in [0.5, 0.6) is 0 Å². The molecule has 0 spiro atoms. The largest absolute Gasteiger partial charge is 0.382 e. The van der Waals surface area contributed by atoms with E-state index in [0.717, 1.165) is 5.69 Å². The molecular weight excluding hydrogens is 196 g/mol. The Labute approximate surface area is 90.7 Å². The fourth-order valence-corrected chi connectivity index (χ4v) is 1.42. The fourth-order valence-electron chi connectivity index (χ4n) is 1.25. The first-order chi connectivity index (χ1) is 6.63. The van der Waals surface area contributed by atoms with Gasteiger partial charge in [-0.25, -0.2) is 4.98 Å². The van der Waals surface area contributed by atoms with Crippen LogP contribution in [0.4, 0.5) is 5.69 Å². The molecule has 2 nitrogen and oxygen atoms in total. The zero-order valence-electron chi connectivity index (χ0n) is 8.92. The third-order valence-electron chi connectivity index (χ3n) is 2.62. The van der Waals surface area contributed by atoms with Gasteiger partial charge in [-0.1, -0.05) is 31.9 Å². The molecule has 3 heteroatoms. The second-order valence-electron chi connectivity index (χ2n) is 3.69. The number of anilines is 1. The van der Waals surface area contributed by atoms with Gasteiger partial charge in [-0.15, -0.1) is 0 Å². The molecule has 1 heterocycles. The predicted molar refractivity (Wildman–Crippen MR) is 61.8 cm³/mol. The Balaban J connectivity index is 2.60. The van der Waals surface area contributed by atoms with E-state index in [-0.39, 0.29) is 0 Å². The topological polar surface area (TPSA) is 24.9 Å². The van der Waals surface area contributed by atoms with Crippen molar-refractivity contribution in [3.05, 3.63) is 23.5 Å². The quantitative estimate of drug-likeness (QED) is 0.772. The Hall–Kier alpha value is -0.760. The molecule has 0 amide bonds. The number of hydrogen-bond donors (Lipinski definition) is 1. The number of rotatable bonds is 4. The molecule has 0 saturated carbocycles. The van der Waals surface area contributed by atoms with Crippen molar-refractivity contribution in [1.82, 2.24) is 4.98 Å². The molecule has 1 rings (SSSR count). The summed E-state index contributed by atoms with van der Waals surface area (Å²) in [6.07, 6.45) is 2.89. The van der Waals surface area contributed by atoms with Gasteiger partial charge in [0.1, 0.15) is 5.15 Å². The van der Waals surface area contributed by atoms with Crippen molar-refractivity contribution in [2.45, 2.75) is 33.2 Å².